The summed E-state index contributed by atoms with van der Waals surface area (Å²) in [6.45, 7) is 5.34. The molecule has 8 aromatic heterocycles. The van der Waals surface area contributed by atoms with Crippen LogP contribution in [0.25, 0.3) is 44.1 Å². The zero-order valence-corrected chi connectivity index (χ0v) is 68.2. The molecular formula is C77H67Br2Cl6IN14O10. The molecule has 14 aromatic rings. The summed E-state index contributed by atoms with van der Waals surface area (Å²) in [4.78, 5) is 86.8. The molecule has 2 saturated heterocycles. The molecule has 0 radical (unpaired) electrons. The van der Waals surface area contributed by atoms with E-state index in [0.29, 0.717) is 102 Å². The molecule has 0 amide bonds. The molecule has 4 atom stereocenters. The van der Waals surface area contributed by atoms with Crippen LogP contribution in [0.3, 0.4) is 0 Å². The first kappa shape index (κ1) is 85.0. The summed E-state index contributed by atoms with van der Waals surface area (Å²) >= 11 is 43.2. The average molecular weight is 1850 g/mol. The lowest BCUT2D eigenvalue weighted by Gasteiger charge is -2.29. The standard InChI is InChI=1S/C25H23ClN4O4.C19H11Cl2N3O2.C13H11ClO.C7H15NO.2C6H3BrClN3.CO2.HI/c26-21-10-17(34-16-4-2-1-3-5-16)8-9-19(21)23(32)20-11-27-24-22(20)25(29-14-28-24)30-15-6-7-18(12-31)33-13-15;20-15-8-12(26-11-4-2-1-3-5-11)6-7-13(15)17(25)14-9-22-19-16(14)18(21)23-10-24-19;1-10-7-8-12(9-13(10)14)15-11-5-3-2-4-6-11;1-2-7-4-3-6(8)5-9-7;2*7-3-1-9-6-4(3)5(8)10-2-11-6;2-1-3;/h1-5,8-11,14-15,18,31H,6-7,12-13H2,(H2,27,28,29,30);1-10H,(H,22,23,24);2-9H,1H3;6-7H,2-5,8H2,1H3;2*1-2H,(H,9,10,11);;1H/t15-,18+;;;6-,7-;;;;/m1..1..../s1. The van der Waals surface area contributed by atoms with E-state index in [1.807, 2.05) is 116 Å². The van der Waals surface area contributed by atoms with E-state index in [0.717, 1.165) is 91.8 Å². The molecule has 110 heavy (non-hydrogen) atoms. The van der Waals surface area contributed by atoms with Gasteiger partial charge in [0.2, 0.25) is 0 Å². The highest BCUT2D eigenvalue weighted by Gasteiger charge is 2.26. The van der Waals surface area contributed by atoms with Gasteiger partial charge >= 0.3 is 6.15 Å². The van der Waals surface area contributed by atoms with Crippen molar-refractivity contribution in [3.63, 3.8) is 0 Å². The normalized spacial score (nSPS) is 14.7. The molecule has 10 heterocycles. The van der Waals surface area contributed by atoms with Gasteiger partial charge < -0.3 is 59.8 Å². The first-order valence-electron chi connectivity index (χ1n) is 33.4. The Bertz CT molecular complexity index is 5310. The lowest BCUT2D eigenvalue weighted by molar-refractivity contribution is -0.191. The SMILES string of the molecule is CC[C@@H]1CC[C@@H](N)CO1.Cc1ccc(Oc2ccccc2)cc1Cl.Clc1ncnc2[nH]cc(Br)c12.Clc1ncnc2[nH]cc(Br)c12.I.O=C(c1ccc(Oc2ccccc2)cc1Cl)c1c[nH]c2ncnc(Cl)c12.O=C(c1ccc(Oc2ccccc2)cc1Cl)c1c[nH]c2ncnc(N[C@@H]3CC[C@@H](CO)OC3)c12.O=C=O. The van der Waals surface area contributed by atoms with Gasteiger partial charge in [-0.1, -0.05) is 137 Å². The van der Waals surface area contributed by atoms with E-state index in [4.69, 9.17) is 109 Å². The summed E-state index contributed by atoms with van der Waals surface area (Å²) in [5, 5.41) is 17.8. The van der Waals surface area contributed by atoms with E-state index in [1.165, 1.54) is 25.3 Å². The second-order valence-corrected chi connectivity index (χ2v) is 27.7. The number of hydrogen-bond acceptors (Lipinski definition) is 20. The van der Waals surface area contributed by atoms with Crippen molar-refractivity contribution in [3.8, 4) is 34.5 Å². The third kappa shape index (κ3) is 23.3. The fourth-order valence-electron chi connectivity index (χ4n) is 10.8. The van der Waals surface area contributed by atoms with E-state index in [9.17, 15) is 14.7 Å². The summed E-state index contributed by atoms with van der Waals surface area (Å²) in [7, 11) is 0. The van der Waals surface area contributed by atoms with Crippen molar-refractivity contribution in [2.45, 2.75) is 70.2 Å². The smallest absolute Gasteiger partial charge is 0.373 e. The average Bonchev–Trinajstić information content (AvgIpc) is 1.60. The Kier molecular flexibility index (Phi) is 32.8. The van der Waals surface area contributed by atoms with Crippen molar-refractivity contribution in [2.75, 3.05) is 25.1 Å². The van der Waals surface area contributed by atoms with Crippen LogP contribution in [0, 0.1) is 6.92 Å². The number of aliphatic hydroxyl groups excluding tert-OH is 1. The molecule has 0 spiro atoms. The molecule has 2 fully saturated rings. The Balaban J connectivity index is 0.000000161. The van der Waals surface area contributed by atoms with E-state index in [-0.39, 0.29) is 75.6 Å². The number of benzene rings is 6. The molecule has 0 unspecified atom stereocenters. The fourth-order valence-corrected chi connectivity index (χ4v) is 13.4. The number of ether oxygens (including phenoxy) is 5. The van der Waals surface area contributed by atoms with E-state index in [2.05, 4.69) is 104 Å². The minimum Gasteiger partial charge on any atom is -0.457 e. The van der Waals surface area contributed by atoms with Crippen LogP contribution in [0.1, 0.15) is 76.4 Å². The fraction of sp³-hybridized carbons (Fsp3) is 0.182. The lowest BCUT2D eigenvalue weighted by Crippen LogP contribution is -2.36. The predicted octanol–water partition coefficient (Wildman–Crippen LogP) is 20.0. The molecule has 6 aromatic carbocycles. The van der Waals surface area contributed by atoms with Crippen molar-refractivity contribution in [1.29, 1.82) is 0 Å². The van der Waals surface area contributed by atoms with Gasteiger partial charge in [0.05, 0.1) is 80.8 Å². The molecule has 8 N–H and O–H groups in total. The monoisotopic (exact) mass is 1840 g/mol. The van der Waals surface area contributed by atoms with Crippen molar-refractivity contribution < 1.29 is 48.0 Å². The van der Waals surface area contributed by atoms with Gasteiger partial charge in [-0.3, -0.25) is 9.59 Å². The number of aromatic amines is 4. The maximum Gasteiger partial charge on any atom is 0.373 e. The van der Waals surface area contributed by atoms with Gasteiger partial charge in [-0.2, -0.15) is 9.59 Å². The number of aliphatic hydroxyl groups is 1. The lowest BCUT2D eigenvalue weighted by atomic mass is 10.0. The van der Waals surface area contributed by atoms with Gasteiger partial charge in [-0.05, 0) is 149 Å². The number of anilines is 1. The number of aromatic nitrogens is 12. The number of nitrogens with one attached hydrogen (secondary N) is 5. The molecule has 16 rings (SSSR count). The Morgan fingerprint density at radius 2 is 0.891 bits per heavy atom. The molecule has 33 heteroatoms. The summed E-state index contributed by atoms with van der Waals surface area (Å²) in [5.41, 5.74) is 10.7. The summed E-state index contributed by atoms with van der Waals surface area (Å²) < 4.78 is 30.0. The second-order valence-electron chi connectivity index (χ2n) is 23.7. The number of H-pyrrole nitrogens is 4. The minimum absolute atomic E-state index is 0. The quantitative estimate of drug-likeness (QED) is 0.0302. The molecule has 0 saturated carbocycles. The highest BCUT2D eigenvalue weighted by Crippen LogP contribution is 2.36. The summed E-state index contributed by atoms with van der Waals surface area (Å²) in [6.07, 6.45) is 18.0. The number of nitrogens with two attached hydrogens (primary N) is 1. The summed E-state index contributed by atoms with van der Waals surface area (Å²) in [5.74, 6) is 4.04. The number of fused-ring (bicyclic) bond motifs is 4. The van der Waals surface area contributed by atoms with Gasteiger partial charge in [0, 0.05) is 68.1 Å². The number of ketones is 2. The minimum atomic E-state index is -0.274. The third-order valence-electron chi connectivity index (χ3n) is 16.4. The highest BCUT2D eigenvalue weighted by molar-refractivity contribution is 14.0. The number of hydrogen-bond donors (Lipinski definition) is 7. The zero-order chi connectivity index (χ0) is 77.3. The second kappa shape index (κ2) is 42.4. The van der Waals surface area contributed by atoms with Gasteiger partial charge in [0.15, 0.2) is 11.6 Å². The molecule has 568 valence electrons. The topological polar surface area (TPSA) is 339 Å². The zero-order valence-electron chi connectivity index (χ0n) is 58.1. The molecule has 0 aliphatic carbocycles. The van der Waals surface area contributed by atoms with Crippen molar-refractivity contribution in [2.24, 2.45) is 5.73 Å². The van der Waals surface area contributed by atoms with Gasteiger partial charge in [-0.25, -0.2) is 39.9 Å². The van der Waals surface area contributed by atoms with Crippen LogP contribution < -0.4 is 25.3 Å². The first-order chi connectivity index (χ1) is 52.8. The number of aryl methyl sites for hydroxylation is 1. The number of carbonyl (C=O) groups is 2. The van der Waals surface area contributed by atoms with Crippen LogP contribution in [0.2, 0.25) is 30.5 Å². The van der Waals surface area contributed by atoms with Crippen LogP contribution >= 0.6 is 125 Å². The van der Waals surface area contributed by atoms with Crippen LogP contribution in [0.5, 0.6) is 34.5 Å². The Hall–Kier alpha value is -9.01. The van der Waals surface area contributed by atoms with Crippen molar-refractivity contribution in [1.82, 2.24) is 59.8 Å². The molecule has 0 bridgehead atoms. The van der Waals surface area contributed by atoms with Crippen LogP contribution in [-0.4, -0.2) is 127 Å². The maximum atomic E-state index is 13.5. The third-order valence-corrected chi connectivity index (χ3v) is 19.5. The van der Waals surface area contributed by atoms with Crippen molar-refractivity contribution in [3.05, 3.63) is 263 Å². The molecule has 2 aliphatic heterocycles. The predicted molar refractivity (Wildman–Crippen MR) is 443 cm³/mol. The maximum absolute atomic E-state index is 13.5. The van der Waals surface area contributed by atoms with Crippen LogP contribution in [0.15, 0.2) is 205 Å². The molecule has 24 nitrogen and oxygen atoms in total. The van der Waals surface area contributed by atoms with E-state index >= 15 is 0 Å². The first-order valence-corrected chi connectivity index (χ1v) is 37.2. The highest BCUT2D eigenvalue weighted by atomic mass is 127. The van der Waals surface area contributed by atoms with Gasteiger partial charge in [0.25, 0.3) is 0 Å². The number of halogens is 9. The Labute approximate surface area is 693 Å². The molecule has 2 aliphatic rings. The van der Waals surface area contributed by atoms with Gasteiger partial charge in [0.1, 0.15) is 104 Å². The summed E-state index contributed by atoms with van der Waals surface area (Å²) in [6, 6.07) is 44.2. The van der Waals surface area contributed by atoms with Crippen molar-refractivity contribution >= 4 is 193 Å². The Morgan fingerprint density at radius 3 is 1.29 bits per heavy atom. The number of carbonyl (C=O) groups excluding carboxylic acids is 4. The molecular weight excluding hydrogens is 1780 g/mol. The number of rotatable bonds is 14. The number of para-hydroxylation sites is 3. The van der Waals surface area contributed by atoms with E-state index < -0.39 is 0 Å². The van der Waals surface area contributed by atoms with Gasteiger partial charge in [-0.15, -0.1) is 24.0 Å². The van der Waals surface area contributed by atoms with Crippen LogP contribution in [0.4, 0.5) is 5.82 Å². The number of nitrogens with zero attached hydrogens (tertiary/aromatic N) is 8. The van der Waals surface area contributed by atoms with Crippen LogP contribution in [-0.2, 0) is 19.1 Å². The largest absolute Gasteiger partial charge is 0.457 e. The van der Waals surface area contributed by atoms with E-state index in [1.54, 1.807) is 61.2 Å². The Morgan fingerprint density at radius 1 is 0.500 bits per heavy atom.